The van der Waals surface area contributed by atoms with Crippen molar-refractivity contribution in [2.75, 3.05) is 28.4 Å². The summed E-state index contributed by atoms with van der Waals surface area (Å²) in [6, 6.07) is 10.7. The number of sulfonamides is 1. The Morgan fingerprint density at radius 2 is 1.63 bits per heavy atom. The van der Waals surface area contributed by atoms with E-state index in [0.717, 1.165) is 4.41 Å². The zero-order valence-corrected chi connectivity index (χ0v) is 16.2. The molecule has 8 nitrogen and oxygen atoms in total. The molecule has 0 fully saturated rings. The first-order valence-corrected chi connectivity index (χ1v) is 9.20. The molecule has 27 heavy (non-hydrogen) atoms. The largest absolute Gasteiger partial charge is 0.493 e. The summed E-state index contributed by atoms with van der Waals surface area (Å²) in [5.74, 6) is 0.272. The summed E-state index contributed by atoms with van der Waals surface area (Å²) in [5, 5.41) is 3.97. The third-order valence-corrected chi connectivity index (χ3v) is 5.34. The highest BCUT2D eigenvalue weighted by molar-refractivity contribution is 7.89. The second-order valence-corrected chi connectivity index (χ2v) is 7.26. The monoisotopic (exact) mass is 392 g/mol. The number of esters is 1. The van der Waals surface area contributed by atoms with E-state index in [0.29, 0.717) is 22.6 Å². The number of hydrogen-bond donors (Lipinski definition) is 0. The molecule has 0 spiro atoms. The Hall–Kier alpha value is -3.07. The van der Waals surface area contributed by atoms with Gasteiger partial charge in [-0.05, 0) is 29.8 Å². The van der Waals surface area contributed by atoms with Crippen LogP contribution in [0.25, 0.3) is 0 Å². The van der Waals surface area contributed by atoms with Crippen molar-refractivity contribution in [3.63, 3.8) is 0 Å². The maximum Gasteiger partial charge on any atom is 0.337 e. The first-order valence-electron chi connectivity index (χ1n) is 7.76. The van der Waals surface area contributed by atoms with Crippen LogP contribution in [-0.4, -0.2) is 53.4 Å². The van der Waals surface area contributed by atoms with Crippen LogP contribution < -0.4 is 9.47 Å². The van der Waals surface area contributed by atoms with Gasteiger partial charge in [-0.25, -0.2) is 4.79 Å². The van der Waals surface area contributed by atoms with Crippen molar-refractivity contribution >= 4 is 22.2 Å². The Kier molecular flexibility index (Phi) is 6.40. The van der Waals surface area contributed by atoms with Gasteiger partial charge in [-0.3, -0.25) is 0 Å². The molecule has 0 atom stereocenters. The number of carbonyl (C=O) groups excluding carboxylic acids is 1. The smallest absolute Gasteiger partial charge is 0.337 e. The molecule has 0 bridgehead atoms. The molecule has 0 aliphatic heterocycles. The second-order valence-electron chi connectivity index (χ2n) is 5.31. The molecule has 0 radical (unpaired) electrons. The first kappa shape index (κ1) is 20.2. The predicted molar refractivity (Wildman–Crippen MR) is 99.9 cm³/mol. The molecule has 0 unspecified atom stereocenters. The van der Waals surface area contributed by atoms with Gasteiger partial charge in [0.25, 0.3) is 10.0 Å². The lowest BCUT2D eigenvalue weighted by atomic mass is 10.1. The van der Waals surface area contributed by atoms with Gasteiger partial charge >= 0.3 is 5.97 Å². The minimum atomic E-state index is -3.87. The van der Waals surface area contributed by atoms with Crippen LogP contribution in [-0.2, 0) is 14.8 Å². The number of rotatable bonds is 7. The molecule has 2 rings (SSSR count). The number of hydrazone groups is 1. The summed E-state index contributed by atoms with van der Waals surface area (Å²) in [6.45, 7) is 0. The maximum absolute atomic E-state index is 12.7. The number of hydrogen-bond acceptors (Lipinski definition) is 7. The van der Waals surface area contributed by atoms with Crippen molar-refractivity contribution in [3.8, 4) is 11.5 Å². The molecule has 0 aromatic heterocycles. The van der Waals surface area contributed by atoms with Crippen LogP contribution in [0.3, 0.4) is 0 Å². The molecule has 2 aromatic rings. The zero-order valence-electron chi connectivity index (χ0n) is 15.4. The molecule has 0 N–H and O–H groups in total. The Balaban J connectivity index is 2.22. The van der Waals surface area contributed by atoms with E-state index >= 15 is 0 Å². The van der Waals surface area contributed by atoms with Crippen molar-refractivity contribution in [3.05, 3.63) is 53.6 Å². The van der Waals surface area contributed by atoms with E-state index in [2.05, 4.69) is 9.84 Å². The van der Waals surface area contributed by atoms with Gasteiger partial charge in [0.15, 0.2) is 11.5 Å². The number of nitrogens with zero attached hydrogens (tertiary/aromatic N) is 2. The van der Waals surface area contributed by atoms with Gasteiger partial charge in [-0.15, -0.1) is 0 Å². The van der Waals surface area contributed by atoms with E-state index in [-0.39, 0.29) is 4.90 Å². The standard InChI is InChI=1S/C18H20N2O6S/c1-20(19-12-13-5-7-14(8-6-13)18(21)26-4)27(22,23)15-9-10-16(24-2)17(11-15)25-3/h5-12H,1-4H3/b19-12+. The van der Waals surface area contributed by atoms with Crippen LogP contribution >= 0.6 is 0 Å². The summed E-state index contributed by atoms with van der Waals surface area (Å²) >= 11 is 0. The molecule has 0 amide bonds. The highest BCUT2D eigenvalue weighted by atomic mass is 32.2. The Morgan fingerprint density at radius 1 is 1.00 bits per heavy atom. The van der Waals surface area contributed by atoms with Gasteiger partial charge in [0, 0.05) is 13.1 Å². The average molecular weight is 392 g/mol. The van der Waals surface area contributed by atoms with Gasteiger partial charge < -0.3 is 14.2 Å². The van der Waals surface area contributed by atoms with Gasteiger partial charge in [-0.1, -0.05) is 12.1 Å². The summed E-state index contributed by atoms with van der Waals surface area (Å²) < 4.78 is 41.0. The first-order chi connectivity index (χ1) is 12.8. The Bertz CT molecular complexity index is 939. The SMILES string of the molecule is COC(=O)c1ccc(/C=N/N(C)S(=O)(=O)c2ccc(OC)c(OC)c2)cc1. The van der Waals surface area contributed by atoms with Crippen LogP contribution in [0.5, 0.6) is 11.5 Å². The van der Waals surface area contributed by atoms with Crippen LogP contribution in [0.1, 0.15) is 15.9 Å². The van der Waals surface area contributed by atoms with E-state index in [4.69, 9.17) is 9.47 Å². The van der Waals surface area contributed by atoms with E-state index in [9.17, 15) is 13.2 Å². The number of methoxy groups -OCH3 is 3. The van der Waals surface area contributed by atoms with E-state index in [1.54, 1.807) is 24.3 Å². The van der Waals surface area contributed by atoms with Crippen LogP contribution in [0.2, 0.25) is 0 Å². The van der Waals surface area contributed by atoms with Crippen molar-refractivity contribution in [2.24, 2.45) is 5.10 Å². The topological polar surface area (TPSA) is 94.5 Å². The van der Waals surface area contributed by atoms with E-state index in [1.165, 1.54) is 52.8 Å². The third-order valence-electron chi connectivity index (χ3n) is 3.70. The minimum Gasteiger partial charge on any atom is -0.493 e. The molecule has 0 heterocycles. The summed E-state index contributed by atoms with van der Waals surface area (Å²) in [5.41, 5.74) is 1.01. The van der Waals surface area contributed by atoms with Crippen LogP contribution in [0.4, 0.5) is 0 Å². The maximum atomic E-state index is 12.7. The molecule has 0 saturated carbocycles. The van der Waals surface area contributed by atoms with Crippen molar-refractivity contribution in [1.29, 1.82) is 0 Å². The normalized spacial score (nSPS) is 11.3. The molecular weight excluding hydrogens is 372 g/mol. The minimum absolute atomic E-state index is 0.0147. The molecular formula is C18H20N2O6S. The fourth-order valence-corrected chi connectivity index (χ4v) is 3.14. The van der Waals surface area contributed by atoms with Crippen molar-refractivity contribution in [2.45, 2.75) is 4.90 Å². The lowest BCUT2D eigenvalue weighted by molar-refractivity contribution is 0.0600. The highest BCUT2D eigenvalue weighted by Gasteiger charge is 2.21. The number of benzene rings is 2. The number of ether oxygens (including phenoxy) is 3. The predicted octanol–water partition coefficient (Wildman–Crippen LogP) is 2.14. The molecule has 0 aliphatic carbocycles. The van der Waals surface area contributed by atoms with E-state index < -0.39 is 16.0 Å². The molecule has 144 valence electrons. The van der Waals surface area contributed by atoms with Gasteiger partial charge in [-0.2, -0.15) is 17.9 Å². The van der Waals surface area contributed by atoms with Gasteiger partial charge in [0.1, 0.15) is 0 Å². The fourth-order valence-electron chi connectivity index (χ4n) is 2.16. The van der Waals surface area contributed by atoms with Crippen molar-refractivity contribution in [1.82, 2.24) is 4.41 Å². The highest BCUT2D eigenvalue weighted by Crippen LogP contribution is 2.30. The molecule has 0 saturated heterocycles. The van der Waals surface area contributed by atoms with Crippen molar-refractivity contribution < 1.29 is 27.4 Å². The summed E-state index contributed by atoms with van der Waals surface area (Å²) in [6.07, 6.45) is 1.37. The van der Waals surface area contributed by atoms with Crippen LogP contribution in [0, 0.1) is 0 Å². The van der Waals surface area contributed by atoms with Gasteiger partial charge in [0.05, 0.1) is 38.0 Å². The summed E-state index contributed by atoms with van der Waals surface area (Å²) in [7, 11) is 1.65. The molecule has 2 aromatic carbocycles. The average Bonchev–Trinajstić information content (AvgIpc) is 2.70. The Morgan fingerprint density at radius 3 is 2.19 bits per heavy atom. The lowest BCUT2D eigenvalue weighted by Crippen LogP contribution is -2.22. The second kappa shape index (κ2) is 8.54. The quantitative estimate of drug-likeness (QED) is 0.407. The summed E-state index contributed by atoms with van der Waals surface area (Å²) in [4.78, 5) is 11.4. The molecule has 0 aliphatic rings. The fraction of sp³-hybridized carbons (Fsp3) is 0.222. The third kappa shape index (κ3) is 4.56. The number of carbonyl (C=O) groups is 1. The Labute approximate surface area is 158 Å². The lowest BCUT2D eigenvalue weighted by Gasteiger charge is -2.15. The van der Waals surface area contributed by atoms with E-state index in [1.807, 2.05) is 0 Å². The van der Waals surface area contributed by atoms with Gasteiger partial charge in [0.2, 0.25) is 0 Å². The zero-order chi connectivity index (χ0) is 20.0. The molecule has 9 heteroatoms. The van der Waals surface area contributed by atoms with Crippen LogP contribution in [0.15, 0.2) is 52.5 Å².